The molecule has 1 heterocycles. The van der Waals surface area contributed by atoms with Gasteiger partial charge in [0, 0.05) is 23.6 Å². The van der Waals surface area contributed by atoms with Gasteiger partial charge >= 0.3 is 0 Å². The highest BCUT2D eigenvalue weighted by Crippen LogP contribution is 2.30. The summed E-state index contributed by atoms with van der Waals surface area (Å²) < 4.78 is 15.7. The van der Waals surface area contributed by atoms with E-state index in [1.807, 2.05) is 18.4 Å². The predicted molar refractivity (Wildman–Crippen MR) is 72.1 cm³/mol. The van der Waals surface area contributed by atoms with Gasteiger partial charge in [-0.25, -0.2) is 9.37 Å². The van der Waals surface area contributed by atoms with Gasteiger partial charge < -0.3 is 10.3 Å². The van der Waals surface area contributed by atoms with Gasteiger partial charge in [-0.3, -0.25) is 0 Å². The molecular formula is C13H15ClFN3. The van der Waals surface area contributed by atoms with Crippen molar-refractivity contribution < 1.29 is 4.39 Å². The van der Waals surface area contributed by atoms with Crippen molar-refractivity contribution in [3.63, 3.8) is 0 Å². The highest BCUT2D eigenvalue weighted by molar-refractivity contribution is 6.30. The smallest absolute Gasteiger partial charge is 0.132 e. The lowest BCUT2D eigenvalue weighted by Gasteiger charge is -2.05. The van der Waals surface area contributed by atoms with Crippen LogP contribution in [-0.4, -0.2) is 9.55 Å². The number of anilines is 1. The summed E-state index contributed by atoms with van der Waals surface area (Å²) in [7, 11) is 0. The van der Waals surface area contributed by atoms with Crippen molar-refractivity contribution >= 4 is 17.4 Å². The van der Waals surface area contributed by atoms with Crippen LogP contribution in [0.1, 0.15) is 19.7 Å². The van der Waals surface area contributed by atoms with Crippen molar-refractivity contribution in [1.82, 2.24) is 9.55 Å². The number of imidazole rings is 1. The zero-order chi connectivity index (χ0) is 13.3. The van der Waals surface area contributed by atoms with Crippen LogP contribution in [0.15, 0.2) is 18.2 Å². The van der Waals surface area contributed by atoms with Gasteiger partial charge in [0.1, 0.15) is 23.2 Å². The molecule has 18 heavy (non-hydrogen) atoms. The lowest BCUT2D eigenvalue weighted by atomic mass is 10.1. The van der Waals surface area contributed by atoms with E-state index in [4.69, 9.17) is 17.3 Å². The lowest BCUT2D eigenvalue weighted by Crippen LogP contribution is -2.04. The van der Waals surface area contributed by atoms with Crippen LogP contribution in [0.4, 0.5) is 10.2 Å². The Morgan fingerprint density at radius 1 is 1.39 bits per heavy atom. The minimum atomic E-state index is -0.366. The monoisotopic (exact) mass is 267 g/mol. The van der Waals surface area contributed by atoms with Crippen LogP contribution in [0.2, 0.25) is 5.02 Å². The Morgan fingerprint density at radius 3 is 2.67 bits per heavy atom. The maximum Gasteiger partial charge on any atom is 0.132 e. The minimum Gasteiger partial charge on any atom is -0.383 e. The Hall–Kier alpha value is -1.55. The molecule has 1 aromatic carbocycles. The van der Waals surface area contributed by atoms with E-state index < -0.39 is 0 Å². The van der Waals surface area contributed by atoms with Gasteiger partial charge in [0.05, 0.1) is 0 Å². The summed E-state index contributed by atoms with van der Waals surface area (Å²) in [5.74, 6) is 0.967. The van der Waals surface area contributed by atoms with E-state index in [1.165, 1.54) is 12.1 Å². The molecule has 0 fully saturated rings. The maximum absolute atomic E-state index is 13.8. The summed E-state index contributed by atoms with van der Waals surface area (Å²) in [6, 6.07) is 4.39. The summed E-state index contributed by atoms with van der Waals surface area (Å²) in [6.45, 7) is 4.69. The van der Waals surface area contributed by atoms with E-state index in [9.17, 15) is 4.39 Å². The van der Waals surface area contributed by atoms with Gasteiger partial charge in [0.2, 0.25) is 0 Å². The molecule has 0 atom stereocenters. The summed E-state index contributed by atoms with van der Waals surface area (Å²) in [6.07, 6.45) is 0.750. The van der Waals surface area contributed by atoms with Crippen LogP contribution in [-0.2, 0) is 13.0 Å². The fourth-order valence-corrected chi connectivity index (χ4v) is 2.19. The molecule has 5 heteroatoms. The summed E-state index contributed by atoms with van der Waals surface area (Å²) in [5.41, 5.74) is 6.85. The summed E-state index contributed by atoms with van der Waals surface area (Å²) >= 11 is 5.89. The molecule has 0 unspecified atom stereocenters. The van der Waals surface area contributed by atoms with E-state index in [0.717, 1.165) is 12.2 Å². The molecule has 0 aliphatic heterocycles. The van der Waals surface area contributed by atoms with Crippen LogP contribution in [0.5, 0.6) is 0 Å². The first-order valence-electron chi connectivity index (χ1n) is 5.88. The number of rotatable bonds is 3. The molecule has 0 radical (unpaired) electrons. The molecule has 2 rings (SSSR count). The van der Waals surface area contributed by atoms with Crippen molar-refractivity contribution in [2.75, 3.05) is 5.73 Å². The number of nitrogens with two attached hydrogens (primary N) is 1. The van der Waals surface area contributed by atoms with Crippen LogP contribution in [0.25, 0.3) is 11.3 Å². The SMILES string of the molecule is CCc1nc(-c2cc(Cl)ccc2F)c(N)n1CC. The first-order chi connectivity index (χ1) is 8.58. The number of aromatic nitrogens is 2. The molecule has 2 aromatic rings. The van der Waals surface area contributed by atoms with Crippen LogP contribution in [0, 0.1) is 5.82 Å². The number of hydrogen-bond donors (Lipinski definition) is 1. The summed E-state index contributed by atoms with van der Waals surface area (Å²) in [5, 5.41) is 0.467. The third kappa shape index (κ3) is 2.08. The minimum absolute atomic E-state index is 0.349. The Labute approximate surface area is 110 Å². The molecule has 3 nitrogen and oxygen atoms in total. The second kappa shape index (κ2) is 4.98. The van der Waals surface area contributed by atoms with Gasteiger partial charge in [-0.2, -0.15) is 0 Å². The number of nitrogen functional groups attached to an aromatic ring is 1. The van der Waals surface area contributed by atoms with Crippen molar-refractivity contribution in [2.45, 2.75) is 26.8 Å². The molecule has 0 saturated heterocycles. The van der Waals surface area contributed by atoms with Gasteiger partial charge in [-0.15, -0.1) is 0 Å². The van der Waals surface area contributed by atoms with Gasteiger partial charge in [0.25, 0.3) is 0 Å². The number of nitrogens with zero attached hydrogens (tertiary/aromatic N) is 2. The van der Waals surface area contributed by atoms with Crippen molar-refractivity contribution in [3.05, 3.63) is 34.9 Å². The Balaban J connectivity index is 2.64. The highest BCUT2D eigenvalue weighted by Gasteiger charge is 2.17. The summed E-state index contributed by atoms with van der Waals surface area (Å²) in [4.78, 5) is 4.41. The molecule has 0 amide bonds. The van der Waals surface area contributed by atoms with E-state index in [2.05, 4.69) is 4.98 Å². The first kappa shape index (κ1) is 12.9. The molecule has 0 aliphatic rings. The third-order valence-electron chi connectivity index (χ3n) is 2.90. The first-order valence-corrected chi connectivity index (χ1v) is 6.26. The zero-order valence-electron chi connectivity index (χ0n) is 10.4. The predicted octanol–water partition coefficient (Wildman–Crippen LogP) is 3.51. The molecule has 1 aromatic heterocycles. The maximum atomic E-state index is 13.8. The molecule has 2 N–H and O–H groups in total. The zero-order valence-corrected chi connectivity index (χ0v) is 11.1. The Morgan fingerprint density at radius 2 is 2.11 bits per heavy atom. The second-order valence-electron chi connectivity index (χ2n) is 3.98. The van der Waals surface area contributed by atoms with Crippen molar-refractivity contribution in [2.24, 2.45) is 0 Å². The number of aryl methyl sites for hydroxylation is 1. The fourth-order valence-electron chi connectivity index (χ4n) is 2.01. The normalized spacial score (nSPS) is 10.9. The average Bonchev–Trinajstić information content (AvgIpc) is 2.68. The second-order valence-corrected chi connectivity index (χ2v) is 4.42. The van der Waals surface area contributed by atoms with Crippen LogP contribution >= 0.6 is 11.6 Å². The van der Waals surface area contributed by atoms with Crippen molar-refractivity contribution in [3.8, 4) is 11.3 Å². The standard InChI is InChI=1S/C13H15ClFN3/c1-3-11-17-12(13(16)18(11)4-2)9-7-8(14)5-6-10(9)15/h5-7H,3-4,16H2,1-2H3. The highest BCUT2D eigenvalue weighted by atomic mass is 35.5. The van der Waals surface area contributed by atoms with E-state index >= 15 is 0 Å². The molecule has 0 saturated carbocycles. The van der Waals surface area contributed by atoms with Crippen LogP contribution < -0.4 is 5.73 Å². The average molecular weight is 268 g/mol. The molecular weight excluding hydrogens is 253 g/mol. The Kier molecular flexibility index (Phi) is 3.57. The van der Waals surface area contributed by atoms with Crippen molar-refractivity contribution in [1.29, 1.82) is 0 Å². The van der Waals surface area contributed by atoms with E-state index in [0.29, 0.717) is 28.6 Å². The molecule has 96 valence electrons. The third-order valence-corrected chi connectivity index (χ3v) is 3.14. The number of hydrogen-bond acceptors (Lipinski definition) is 2. The number of benzene rings is 1. The molecule has 0 aliphatic carbocycles. The van der Waals surface area contributed by atoms with Gasteiger partial charge in [-0.1, -0.05) is 18.5 Å². The molecule has 0 bridgehead atoms. The van der Waals surface area contributed by atoms with E-state index in [-0.39, 0.29) is 5.82 Å². The topological polar surface area (TPSA) is 43.8 Å². The number of halogens is 2. The van der Waals surface area contributed by atoms with Crippen LogP contribution in [0.3, 0.4) is 0 Å². The quantitative estimate of drug-likeness (QED) is 0.925. The van der Waals surface area contributed by atoms with E-state index in [1.54, 1.807) is 6.07 Å². The fraction of sp³-hybridized carbons (Fsp3) is 0.308. The molecule has 0 spiro atoms. The lowest BCUT2D eigenvalue weighted by molar-refractivity contribution is 0.631. The van der Waals surface area contributed by atoms with Gasteiger partial charge in [0.15, 0.2) is 0 Å². The Bertz CT molecular complexity index is 578. The largest absolute Gasteiger partial charge is 0.383 e. The van der Waals surface area contributed by atoms with Gasteiger partial charge in [-0.05, 0) is 25.1 Å².